The van der Waals surface area contributed by atoms with Crippen LogP contribution in [0.2, 0.25) is 0 Å². The van der Waals surface area contributed by atoms with Gasteiger partial charge in [-0.2, -0.15) is 0 Å². The van der Waals surface area contributed by atoms with Gasteiger partial charge in [-0.25, -0.2) is 0 Å². The third kappa shape index (κ3) is 3.37. The average molecular weight is 465 g/mol. The molecule has 0 bridgehead atoms. The Labute approximate surface area is 198 Å². The number of aliphatic hydroxyl groups excluding tert-OH is 1. The Hall–Kier alpha value is -3.65. The number of para-hydroxylation sites is 1. The van der Waals surface area contributed by atoms with E-state index in [-0.39, 0.29) is 18.7 Å². The fourth-order valence-corrected chi connectivity index (χ4v) is 4.81. The van der Waals surface area contributed by atoms with Gasteiger partial charge in [-0.3, -0.25) is 14.4 Å². The van der Waals surface area contributed by atoms with Crippen molar-refractivity contribution in [3.05, 3.63) is 65.2 Å². The maximum Gasteiger partial charge on any atom is 0.296 e. The molecule has 0 radical (unpaired) electrons. The quantitative estimate of drug-likeness (QED) is 0.366. The van der Waals surface area contributed by atoms with Crippen LogP contribution in [0.4, 0.5) is 5.69 Å². The van der Waals surface area contributed by atoms with Gasteiger partial charge in [0.05, 0.1) is 24.5 Å². The molecule has 2 aromatic rings. The van der Waals surface area contributed by atoms with Crippen LogP contribution in [-0.4, -0.2) is 61.0 Å². The Morgan fingerprint density at radius 1 is 1.00 bits per heavy atom. The van der Waals surface area contributed by atoms with E-state index >= 15 is 0 Å². The van der Waals surface area contributed by atoms with E-state index in [2.05, 4.69) is 0 Å². The van der Waals surface area contributed by atoms with Gasteiger partial charge < -0.3 is 24.4 Å². The maximum atomic E-state index is 14.1. The predicted molar refractivity (Wildman–Crippen MR) is 127 cm³/mol. The largest absolute Gasteiger partial charge is 0.507 e. The monoisotopic (exact) mass is 464 g/mol. The molecule has 0 saturated carbocycles. The van der Waals surface area contributed by atoms with Crippen molar-refractivity contribution >= 4 is 29.0 Å². The second-order valence-corrected chi connectivity index (χ2v) is 8.14. The summed E-state index contributed by atoms with van der Waals surface area (Å²) in [5.41, 5.74) is -0.561. The van der Waals surface area contributed by atoms with E-state index in [1.54, 1.807) is 47.4 Å². The van der Waals surface area contributed by atoms with Crippen LogP contribution in [0.25, 0.3) is 5.76 Å². The number of Topliss-reactive ketones (excluding diaryl/α,β-unsaturated/α-hetero) is 1. The number of amides is 2. The van der Waals surface area contributed by atoms with E-state index in [1.807, 2.05) is 19.9 Å². The van der Waals surface area contributed by atoms with Crippen molar-refractivity contribution in [2.45, 2.75) is 25.8 Å². The number of hydrogen-bond acceptors (Lipinski definition) is 6. The second kappa shape index (κ2) is 9.30. The highest BCUT2D eigenvalue weighted by atomic mass is 16.5. The van der Waals surface area contributed by atoms with Gasteiger partial charge >= 0.3 is 0 Å². The van der Waals surface area contributed by atoms with E-state index in [1.165, 1.54) is 12.0 Å². The van der Waals surface area contributed by atoms with Crippen molar-refractivity contribution in [3.8, 4) is 5.75 Å². The number of anilines is 1. The molecule has 1 unspecified atom stereocenters. The van der Waals surface area contributed by atoms with Crippen LogP contribution in [0.3, 0.4) is 0 Å². The molecular formula is C26H28N2O6. The molecule has 1 N–H and O–H groups in total. The molecule has 178 valence electrons. The van der Waals surface area contributed by atoms with Gasteiger partial charge in [0.15, 0.2) is 5.54 Å². The Morgan fingerprint density at radius 3 is 2.35 bits per heavy atom. The minimum Gasteiger partial charge on any atom is -0.507 e. The zero-order valence-corrected chi connectivity index (χ0v) is 19.5. The summed E-state index contributed by atoms with van der Waals surface area (Å²) in [4.78, 5) is 43.6. The van der Waals surface area contributed by atoms with Gasteiger partial charge in [0, 0.05) is 31.3 Å². The minimum absolute atomic E-state index is 0.0151. The van der Waals surface area contributed by atoms with Crippen LogP contribution in [0.15, 0.2) is 54.1 Å². The first kappa shape index (κ1) is 23.5. The van der Waals surface area contributed by atoms with Crippen molar-refractivity contribution in [1.82, 2.24) is 4.90 Å². The Balaban J connectivity index is 1.99. The standard InChI is InChI=1S/C26H28N2O6/c1-4-14-27-20-9-7-6-8-19(20)26(25(27)32)21(23(30)24(31)28(26)15-16-33-3)22(29)17-10-12-18(13-11-17)34-5-2/h6-13,29H,4-5,14-16H2,1-3H3. The van der Waals surface area contributed by atoms with E-state index in [4.69, 9.17) is 9.47 Å². The number of rotatable bonds is 8. The van der Waals surface area contributed by atoms with Crippen molar-refractivity contribution in [2.75, 3.05) is 38.3 Å². The summed E-state index contributed by atoms with van der Waals surface area (Å²) in [6.07, 6.45) is 0.681. The molecule has 0 aromatic heterocycles. The smallest absolute Gasteiger partial charge is 0.296 e. The number of nitrogens with zero attached hydrogens (tertiary/aromatic N) is 2. The summed E-state index contributed by atoms with van der Waals surface area (Å²) in [6, 6.07) is 13.6. The summed E-state index contributed by atoms with van der Waals surface area (Å²) in [5.74, 6) is -1.97. The Kier molecular flexibility index (Phi) is 6.43. The molecular weight excluding hydrogens is 436 g/mol. The molecule has 1 fully saturated rings. The van der Waals surface area contributed by atoms with Crippen LogP contribution < -0.4 is 9.64 Å². The summed E-state index contributed by atoms with van der Waals surface area (Å²) in [6.45, 7) is 4.84. The molecule has 34 heavy (non-hydrogen) atoms. The molecule has 1 saturated heterocycles. The van der Waals surface area contributed by atoms with Gasteiger partial charge in [-0.15, -0.1) is 0 Å². The first-order valence-corrected chi connectivity index (χ1v) is 11.4. The lowest BCUT2D eigenvalue weighted by Gasteiger charge is -2.34. The number of likely N-dealkylation sites (tertiary alicyclic amines) is 1. The highest BCUT2D eigenvalue weighted by molar-refractivity contribution is 6.50. The van der Waals surface area contributed by atoms with Crippen molar-refractivity contribution < 1.29 is 29.0 Å². The van der Waals surface area contributed by atoms with E-state index in [9.17, 15) is 19.5 Å². The molecule has 1 atom stereocenters. The third-order valence-corrected chi connectivity index (χ3v) is 6.21. The first-order valence-electron chi connectivity index (χ1n) is 11.4. The number of carbonyl (C=O) groups is 3. The number of ether oxygens (including phenoxy) is 2. The Bertz CT molecular complexity index is 1160. The third-order valence-electron chi connectivity index (χ3n) is 6.21. The first-order chi connectivity index (χ1) is 16.4. The van der Waals surface area contributed by atoms with Gasteiger partial charge in [0.2, 0.25) is 0 Å². The summed E-state index contributed by atoms with van der Waals surface area (Å²) in [5, 5.41) is 11.4. The number of ketones is 1. The van der Waals surface area contributed by atoms with Crippen LogP contribution in [0.1, 0.15) is 31.4 Å². The molecule has 4 rings (SSSR count). The van der Waals surface area contributed by atoms with Crippen LogP contribution >= 0.6 is 0 Å². The molecule has 0 aliphatic carbocycles. The van der Waals surface area contributed by atoms with Crippen LogP contribution in [0, 0.1) is 0 Å². The normalized spacial score (nSPS) is 21.0. The lowest BCUT2D eigenvalue weighted by atomic mass is 9.82. The maximum absolute atomic E-state index is 14.1. The average Bonchev–Trinajstić information content (AvgIpc) is 3.22. The zero-order valence-electron chi connectivity index (χ0n) is 19.5. The summed E-state index contributed by atoms with van der Waals surface area (Å²) in [7, 11) is 1.48. The number of fused-ring (bicyclic) bond motifs is 2. The molecule has 2 aliphatic heterocycles. The summed E-state index contributed by atoms with van der Waals surface area (Å²) < 4.78 is 10.6. The van der Waals surface area contributed by atoms with E-state index in [0.29, 0.717) is 42.1 Å². The van der Waals surface area contributed by atoms with Crippen molar-refractivity contribution in [1.29, 1.82) is 0 Å². The SMILES string of the molecule is CCCN1C(=O)C2(C(=C(O)c3ccc(OCC)cc3)C(=O)C(=O)N2CCOC)c2ccccc21. The fourth-order valence-electron chi connectivity index (χ4n) is 4.81. The summed E-state index contributed by atoms with van der Waals surface area (Å²) >= 11 is 0. The van der Waals surface area contributed by atoms with Crippen LogP contribution in [0.5, 0.6) is 5.75 Å². The highest BCUT2D eigenvalue weighted by Crippen LogP contribution is 2.53. The van der Waals surface area contributed by atoms with Crippen molar-refractivity contribution in [3.63, 3.8) is 0 Å². The number of aliphatic hydroxyl groups is 1. The van der Waals surface area contributed by atoms with E-state index < -0.39 is 28.9 Å². The predicted octanol–water partition coefficient (Wildman–Crippen LogP) is 3.06. The molecule has 8 heteroatoms. The van der Waals surface area contributed by atoms with Crippen LogP contribution in [-0.2, 0) is 24.7 Å². The molecule has 2 aromatic carbocycles. The number of hydrogen-bond donors (Lipinski definition) is 1. The topological polar surface area (TPSA) is 96.4 Å². The fraction of sp³-hybridized carbons (Fsp3) is 0.346. The van der Waals surface area contributed by atoms with Gasteiger partial charge in [-0.05, 0) is 43.7 Å². The van der Waals surface area contributed by atoms with E-state index in [0.717, 1.165) is 0 Å². The van der Waals surface area contributed by atoms with Crippen molar-refractivity contribution in [2.24, 2.45) is 0 Å². The molecule has 2 amide bonds. The van der Waals surface area contributed by atoms with Gasteiger partial charge in [-0.1, -0.05) is 25.1 Å². The second-order valence-electron chi connectivity index (χ2n) is 8.14. The van der Waals surface area contributed by atoms with Gasteiger partial charge in [0.25, 0.3) is 17.6 Å². The Morgan fingerprint density at radius 2 is 1.71 bits per heavy atom. The highest BCUT2D eigenvalue weighted by Gasteiger charge is 2.66. The molecule has 8 nitrogen and oxygen atoms in total. The lowest BCUT2D eigenvalue weighted by Crippen LogP contribution is -2.52. The number of methoxy groups -OCH3 is 1. The molecule has 1 spiro atoms. The van der Waals surface area contributed by atoms with Gasteiger partial charge in [0.1, 0.15) is 11.5 Å². The number of benzene rings is 2. The lowest BCUT2D eigenvalue weighted by molar-refractivity contribution is -0.144. The zero-order chi connectivity index (χ0) is 24.5. The minimum atomic E-state index is -1.76. The number of carbonyl (C=O) groups excluding carboxylic acids is 3. The molecule has 2 heterocycles. The molecule has 2 aliphatic rings.